The second-order valence-electron chi connectivity index (χ2n) is 7.78. The Balaban J connectivity index is 1.45. The molecule has 33 heavy (non-hydrogen) atoms. The zero-order valence-electron chi connectivity index (χ0n) is 17.5. The van der Waals surface area contributed by atoms with Crippen LogP contribution in [0.1, 0.15) is 35.8 Å². The molecular weight excluding hydrogens is 452 g/mol. The van der Waals surface area contributed by atoms with Gasteiger partial charge in [0.05, 0.1) is 7.11 Å². The minimum atomic E-state index is -0.963. The largest absolute Gasteiger partial charge is 0.493 e. The quantitative estimate of drug-likeness (QED) is 0.445. The number of fused-ring (bicyclic) bond motifs is 1. The van der Waals surface area contributed by atoms with Crippen molar-refractivity contribution in [2.24, 2.45) is 5.92 Å². The number of rotatable bonds is 7. The molecule has 1 saturated carbocycles. The lowest BCUT2D eigenvalue weighted by atomic mass is 10.1. The van der Waals surface area contributed by atoms with Crippen LogP contribution in [0.25, 0.3) is 11.3 Å². The molecule has 0 bridgehead atoms. The number of amides is 1. The highest BCUT2D eigenvalue weighted by Gasteiger charge is 2.34. The molecule has 5 rings (SSSR count). The Labute approximate surface area is 190 Å². The van der Waals surface area contributed by atoms with E-state index in [4.69, 9.17) is 9.47 Å². The van der Waals surface area contributed by atoms with E-state index >= 15 is 0 Å². The number of anilines is 1. The number of hydrogen-bond acceptors (Lipinski definition) is 9. The van der Waals surface area contributed by atoms with E-state index in [1.807, 2.05) is 0 Å². The molecule has 1 aromatic carbocycles. The number of benzene rings is 1. The Morgan fingerprint density at radius 3 is 2.91 bits per heavy atom. The molecule has 2 aliphatic rings. The standard InChI is InChI=1S/C21H20N4O7S/c1-30-19(28)12-8-33-20(22-12)24-17(26)13(6-10-2-3-10)25-18(27)16(23-21(25)29)11-4-5-14-15(7-11)32-9-31-14/h4-5,7-8,10,13,27H,2-3,6,9H2,1H3,(H,23,29)(H,22,24,26)/t13-/m0/s1. The molecular formula is C21H20N4O7S. The minimum Gasteiger partial charge on any atom is -0.493 e. The van der Waals surface area contributed by atoms with E-state index < -0.39 is 23.6 Å². The summed E-state index contributed by atoms with van der Waals surface area (Å²) in [5, 5.41) is 15.3. The van der Waals surface area contributed by atoms with Crippen LogP contribution >= 0.6 is 11.3 Å². The van der Waals surface area contributed by atoms with Crippen LogP contribution in [0, 0.1) is 5.92 Å². The number of aromatic hydroxyl groups is 1. The number of esters is 1. The molecule has 1 aliphatic heterocycles. The monoisotopic (exact) mass is 472 g/mol. The molecule has 12 heteroatoms. The summed E-state index contributed by atoms with van der Waals surface area (Å²) in [5.41, 5.74) is 0.147. The Hall–Kier alpha value is -3.80. The Kier molecular flexibility index (Phi) is 5.29. The van der Waals surface area contributed by atoms with Gasteiger partial charge >= 0.3 is 11.7 Å². The van der Waals surface area contributed by atoms with Crippen molar-refractivity contribution in [2.75, 3.05) is 19.2 Å². The highest BCUT2D eigenvalue weighted by atomic mass is 32.1. The van der Waals surface area contributed by atoms with Crippen LogP contribution < -0.4 is 20.5 Å². The van der Waals surface area contributed by atoms with Crippen molar-refractivity contribution >= 4 is 28.3 Å². The number of thiazole rings is 1. The van der Waals surface area contributed by atoms with Gasteiger partial charge in [0.15, 0.2) is 22.3 Å². The topological polar surface area (TPSA) is 145 Å². The van der Waals surface area contributed by atoms with E-state index in [2.05, 4.69) is 20.0 Å². The van der Waals surface area contributed by atoms with Gasteiger partial charge in [-0.15, -0.1) is 11.3 Å². The van der Waals surface area contributed by atoms with Gasteiger partial charge in [0.1, 0.15) is 11.7 Å². The maximum absolute atomic E-state index is 13.1. The third kappa shape index (κ3) is 4.04. The van der Waals surface area contributed by atoms with Gasteiger partial charge in [0.2, 0.25) is 18.6 Å². The zero-order valence-corrected chi connectivity index (χ0v) is 18.3. The summed E-state index contributed by atoms with van der Waals surface area (Å²) in [7, 11) is 1.24. The molecule has 3 N–H and O–H groups in total. The zero-order chi connectivity index (χ0) is 23.1. The van der Waals surface area contributed by atoms with E-state index in [-0.39, 0.29) is 35.1 Å². The molecule has 0 saturated heterocycles. The summed E-state index contributed by atoms with van der Waals surface area (Å²) in [4.78, 5) is 44.3. The fourth-order valence-corrected chi connectivity index (χ4v) is 4.38. The Morgan fingerprint density at radius 2 is 2.15 bits per heavy atom. The highest BCUT2D eigenvalue weighted by molar-refractivity contribution is 7.14. The number of hydrogen-bond donors (Lipinski definition) is 3. The van der Waals surface area contributed by atoms with Gasteiger partial charge in [-0.3, -0.25) is 9.36 Å². The van der Waals surface area contributed by atoms with Crippen LogP contribution in [0.15, 0.2) is 28.4 Å². The number of nitrogens with zero attached hydrogens (tertiary/aromatic N) is 2. The molecule has 1 atom stereocenters. The first kappa shape index (κ1) is 21.1. The predicted molar refractivity (Wildman–Crippen MR) is 117 cm³/mol. The molecule has 3 heterocycles. The Morgan fingerprint density at radius 1 is 1.36 bits per heavy atom. The van der Waals surface area contributed by atoms with Crippen LogP contribution in [0.3, 0.4) is 0 Å². The average molecular weight is 472 g/mol. The number of nitrogens with one attached hydrogen (secondary N) is 2. The van der Waals surface area contributed by atoms with Crippen molar-refractivity contribution < 1.29 is 28.9 Å². The lowest BCUT2D eigenvalue weighted by molar-refractivity contribution is -0.119. The van der Waals surface area contributed by atoms with E-state index in [1.165, 1.54) is 12.5 Å². The maximum Gasteiger partial charge on any atom is 0.357 e. The van der Waals surface area contributed by atoms with Gasteiger partial charge in [-0.25, -0.2) is 14.6 Å². The number of aromatic amines is 1. The number of methoxy groups -OCH3 is 1. The van der Waals surface area contributed by atoms with E-state index in [0.29, 0.717) is 23.5 Å². The van der Waals surface area contributed by atoms with Gasteiger partial charge in [-0.05, 0) is 30.5 Å². The van der Waals surface area contributed by atoms with Crippen molar-refractivity contribution in [1.82, 2.24) is 14.5 Å². The molecule has 1 fully saturated rings. The Bertz CT molecular complexity index is 1290. The van der Waals surface area contributed by atoms with Gasteiger partial charge < -0.3 is 29.6 Å². The van der Waals surface area contributed by atoms with Crippen LogP contribution in [0.4, 0.5) is 5.13 Å². The molecule has 2 aromatic heterocycles. The molecule has 3 aromatic rings. The second kappa shape index (κ2) is 8.28. The SMILES string of the molecule is COC(=O)c1csc(NC(=O)[C@H](CC2CC2)n2c(O)c(-c3ccc4c(c3)OCO4)[nH]c2=O)n1. The van der Waals surface area contributed by atoms with E-state index in [1.54, 1.807) is 18.2 Å². The van der Waals surface area contributed by atoms with Gasteiger partial charge in [-0.2, -0.15) is 0 Å². The first-order valence-electron chi connectivity index (χ1n) is 10.2. The summed E-state index contributed by atoms with van der Waals surface area (Å²) in [5.74, 6) is -0.138. The van der Waals surface area contributed by atoms with Gasteiger partial charge in [0, 0.05) is 10.9 Å². The number of H-pyrrole nitrogens is 1. The number of imidazole rings is 1. The van der Waals surface area contributed by atoms with Crippen molar-refractivity contribution in [3.05, 3.63) is 39.8 Å². The number of carbonyl (C=O) groups is 2. The summed E-state index contributed by atoms with van der Waals surface area (Å²) >= 11 is 1.06. The second-order valence-corrected chi connectivity index (χ2v) is 8.64. The summed E-state index contributed by atoms with van der Waals surface area (Å²) in [6, 6.07) is 4.05. The minimum absolute atomic E-state index is 0.0725. The van der Waals surface area contributed by atoms with Crippen LogP contribution in [-0.2, 0) is 9.53 Å². The molecule has 172 valence electrons. The van der Waals surface area contributed by atoms with Crippen LogP contribution in [0.5, 0.6) is 17.4 Å². The van der Waals surface area contributed by atoms with Crippen molar-refractivity contribution in [1.29, 1.82) is 0 Å². The average Bonchev–Trinajstić information content (AvgIpc) is 3.18. The molecule has 0 radical (unpaired) electrons. The van der Waals surface area contributed by atoms with E-state index in [0.717, 1.165) is 28.7 Å². The molecule has 0 unspecified atom stereocenters. The molecule has 1 aliphatic carbocycles. The summed E-state index contributed by atoms with van der Waals surface area (Å²) < 4.78 is 16.4. The van der Waals surface area contributed by atoms with Crippen LogP contribution in [-0.4, -0.2) is 45.4 Å². The smallest absolute Gasteiger partial charge is 0.357 e. The van der Waals surface area contributed by atoms with Crippen molar-refractivity contribution in [3.8, 4) is 28.6 Å². The summed E-state index contributed by atoms with van der Waals surface area (Å²) in [6.07, 6.45) is 2.28. The number of aromatic nitrogens is 3. The van der Waals surface area contributed by atoms with Crippen molar-refractivity contribution in [2.45, 2.75) is 25.3 Å². The lowest BCUT2D eigenvalue weighted by Crippen LogP contribution is -2.32. The third-order valence-corrected chi connectivity index (χ3v) is 6.32. The van der Waals surface area contributed by atoms with Gasteiger partial charge in [-0.1, -0.05) is 12.8 Å². The molecule has 11 nitrogen and oxygen atoms in total. The molecule has 1 amide bonds. The normalized spacial score (nSPS) is 15.3. The lowest BCUT2D eigenvalue weighted by Gasteiger charge is -2.17. The van der Waals surface area contributed by atoms with Gasteiger partial charge in [0.25, 0.3) is 0 Å². The first-order valence-corrected chi connectivity index (χ1v) is 11.1. The predicted octanol–water partition coefficient (Wildman–Crippen LogP) is 2.50. The van der Waals surface area contributed by atoms with Crippen LogP contribution in [0.2, 0.25) is 0 Å². The number of ether oxygens (including phenoxy) is 3. The summed E-state index contributed by atoms with van der Waals surface area (Å²) in [6.45, 7) is 0.0976. The fourth-order valence-electron chi connectivity index (χ4n) is 3.70. The molecule has 0 spiro atoms. The third-order valence-electron chi connectivity index (χ3n) is 5.56. The van der Waals surface area contributed by atoms with Crippen molar-refractivity contribution in [3.63, 3.8) is 0 Å². The number of carbonyl (C=O) groups excluding carboxylic acids is 2. The van der Waals surface area contributed by atoms with E-state index in [9.17, 15) is 19.5 Å². The maximum atomic E-state index is 13.1. The first-order chi connectivity index (χ1) is 15.9. The highest BCUT2D eigenvalue weighted by Crippen LogP contribution is 2.41. The fraction of sp³-hybridized carbons (Fsp3) is 0.333.